The van der Waals surface area contributed by atoms with Crippen molar-refractivity contribution in [1.82, 2.24) is 0 Å². The van der Waals surface area contributed by atoms with Crippen LogP contribution in [-0.4, -0.2) is 31.7 Å². The summed E-state index contributed by atoms with van der Waals surface area (Å²) in [6.45, 7) is 2.22. The summed E-state index contributed by atoms with van der Waals surface area (Å²) < 4.78 is 0. The Balaban J connectivity index is 1.44. The first-order chi connectivity index (χ1) is 17.5. The van der Waals surface area contributed by atoms with Gasteiger partial charge in [0.15, 0.2) is 0 Å². The third-order valence-electron chi connectivity index (χ3n) is 6.48. The van der Waals surface area contributed by atoms with Crippen LogP contribution < -0.4 is 15.1 Å². The van der Waals surface area contributed by atoms with Crippen molar-refractivity contribution in [3.8, 4) is 0 Å². The fourth-order valence-electron chi connectivity index (χ4n) is 4.41. The van der Waals surface area contributed by atoms with Gasteiger partial charge in [-0.05, 0) is 72.5 Å². The lowest BCUT2D eigenvalue weighted by Crippen LogP contribution is -2.27. The van der Waals surface area contributed by atoms with E-state index in [4.69, 9.17) is 0 Å². The molecule has 5 nitrogen and oxygen atoms in total. The van der Waals surface area contributed by atoms with Crippen LogP contribution in [0, 0.1) is 0 Å². The van der Waals surface area contributed by atoms with E-state index in [2.05, 4.69) is 24.4 Å². The molecular formula is C30H35N3O2S. The summed E-state index contributed by atoms with van der Waals surface area (Å²) in [6, 6.07) is 23.7. The number of nitrogens with zero attached hydrogens (tertiary/aromatic N) is 2. The molecule has 0 aliphatic carbocycles. The molecule has 1 atom stereocenters. The SMILES string of the molecule is CCCCCCc1ccc(C(=O)Nc2cccc(C3SCC(=O)N3c3ccc(N(C)C)cc3)c2)cc1. The number of amides is 2. The van der Waals surface area contributed by atoms with Crippen molar-refractivity contribution >= 4 is 40.6 Å². The van der Waals surface area contributed by atoms with Crippen LogP contribution in [0.5, 0.6) is 0 Å². The highest BCUT2D eigenvalue weighted by atomic mass is 32.2. The van der Waals surface area contributed by atoms with E-state index in [1.807, 2.05) is 84.6 Å². The number of nitrogens with one attached hydrogen (secondary N) is 1. The molecule has 3 aromatic carbocycles. The Morgan fingerprint density at radius 3 is 2.44 bits per heavy atom. The Hall–Kier alpha value is -3.25. The molecule has 0 aromatic heterocycles. The first-order valence-corrected chi connectivity index (χ1v) is 13.7. The zero-order valence-corrected chi connectivity index (χ0v) is 22.2. The molecule has 0 bridgehead atoms. The highest BCUT2D eigenvalue weighted by molar-refractivity contribution is 8.00. The molecule has 0 spiro atoms. The van der Waals surface area contributed by atoms with Crippen molar-refractivity contribution in [2.45, 2.75) is 44.4 Å². The summed E-state index contributed by atoms with van der Waals surface area (Å²) in [5.74, 6) is 0.393. The molecule has 3 aromatic rings. The van der Waals surface area contributed by atoms with Gasteiger partial charge >= 0.3 is 0 Å². The first-order valence-electron chi connectivity index (χ1n) is 12.7. The lowest BCUT2D eigenvalue weighted by molar-refractivity contribution is -0.115. The number of hydrogen-bond acceptors (Lipinski definition) is 4. The fraction of sp³-hybridized carbons (Fsp3) is 0.333. The number of unbranched alkanes of at least 4 members (excludes halogenated alkanes) is 3. The predicted octanol–water partition coefficient (Wildman–Crippen LogP) is 6.91. The van der Waals surface area contributed by atoms with E-state index in [0.29, 0.717) is 11.3 Å². The average molecular weight is 502 g/mol. The molecule has 0 radical (unpaired) electrons. The van der Waals surface area contributed by atoms with Crippen LogP contribution >= 0.6 is 11.8 Å². The molecule has 1 fully saturated rings. The Labute approximate surface area is 218 Å². The Morgan fingerprint density at radius 1 is 1.00 bits per heavy atom. The number of thioether (sulfide) groups is 1. The number of hydrogen-bond donors (Lipinski definition) is 1. The van der Waals surface area contributed by atoms with E-state index in [1.165, 1.54) is 31.2 Å². The molecule has 1 saturated heterocycles. The van der Waals surface area contributed by atoms with Gasteiger partial charge in [-0.3, -0.25) is 14.5 Å². The minimum absolute atomic E-state index is 0.0897. The zero-order chi connectivity index (χ0) is 25.5. The predicted molar refractivity (Wildman–Crippen MR) is 152 cm³/mol. The van der Waals surface area contributed by atoms with Gasteiger partial charge in [-0.2, -0.15) is 0 Å². The summed E-state index contributed by atoms with van der Waals surface area (Å²) in [7, 11) is 3.99. The summed E-state index contributed by atoms with van der Waals surface area (Å²) in [5.41, 5.74) is 5.59. The van der Waals surface area contributed by atoms with Gasteiger partial charge in [0, 0.05) is 36.7 Å². The number of rotatable bonds is 10. The molecule has 1 N–H and O–H groups in total. The normalized spacial score (nSPS) is 15.2. The van der Waals surface area contributed by atoms with E-state index in [9.17, 15) is 9.59 Å². The maximum Gasteiger partial charge on any atom is 0.255 e. The Morgan fingerprint density at radius 2 is 1.75 bits per heavy atom. The molecular weight excluding hydrogens is 466 g/mol. The van der Waals surface area contributed by atoms with Crippen molar-refractivity contribution in [1.29, 1.82) is 0 Å². The van der Waals surface area contributed by atoms with E-state index in [0.717, 1.165) is 29.0 Å². The fourth-order valence-corrected chi connectivity index (χ4v) is 5.58. The van der Waals surface area contributed by atoms with Gasteiger partial charge < -0.3 is 10.2 Å². The number of benzene rings is 3. The van der Waals surface area contributed by atoms with Crippen LogP contribution in [0.2, 0.25) is 0 Å². The van der Waals surface area contributed by atoms with Crippen molar-refractivity contribution in [3.05, 3.63) is 89.5 Å². The van der Waals surface area contributed by atoms with Gasteiger partial charge in [-0.15, -0.1) is 11.8 Å². The van der Waals surface area contributed by atoms with Crippen molar-refractivity contribution in [2.75, 3.05) is 35.0 Å². The standard InChI is InChI=1S/C30H35N3O2S/c1-4-5-6-7-9-22-12-14-23(15-13-22)29(35)31-25-11-8-10-24(20-25)30-33(28(34)21-36-30)27-18-16-26(17-19-27)32(2)3/h8,10-20,30H,4-7,9,21H2,1-3H3,(H,31,35). The summed E-state index contributed by atoms with van der Waals surface area (Å²) in [4.78, 5) is 29.6. The Bertz CT molecular complexity index is 1180. The molecule has 0 saturated carbocycles. The van der Waals surface area contributed by atoms with Gasteiger partial charge in [-0.1, -0.05) is 50.5 Å². The topological polar surface area (TPSA) is 52.7 Å². The van der Waals surface area contributed by atoms with Crippen LogP contribution in [0.4, 0.5) is 17.1 Å². The minimum atomic E-state index is -0.133. The molecule has 1 unspecified atom stereocenters. The smallest absolute Gasteiger partial charge is 0.255 e. The third kappa shape index (κ3) is 6.30. The van der Waals surface area contributed by atoms with E-state index in [1.54, 1.807) is 11.8 Å². The first kappa shape index (κ1) is 25.8. The summed E-state index contributed by atoms with van der Waals surface area (Å²) >= 11 is 1.61. The van der Waals surface area contributed by atoms with Crippen LogP contribution in [-0.2, 0) is 11.2 Å². The molecule has 188 valence electrons. The summed E-state index contributed by atoms with van der Waals surface area (Å²) in [5, 5.41) is 2.90. The van der Waals surface area contributed by atoms with Gasteiger partial charge in [0.2, 0.25) is 5.91 Å². The van der Waals surface area contributed by atoms with Gasteiger partial charge in [0.1, 0.15) is 5.37 Å². The van der Waals surface area contributed by atoms with Crippen LogP contribution in [0.1, 0.15) is 59.5 Å². The van der Waals surface area contributed by atoms with Crippen molar-refractivity contribution < 1.29 is 9.59 Å². The van der Waals surface area contributed by atoms with Crippen molar-refractivity contribution in [2.24, 2.45) is 0 Å². The van der Waals surface area contributed by atoms with Gasteiger partial charge in [-0.25, -0.2) is 0 Å². The number of aryl methyl sites for hydroxylation is 1. The molecule has 1 aliphatic heterocycles. The monoisotopic (exact) mass is 501 g/mol. The molecule has 2 amide bonds. The highest BCUT2D eigenvalue weighted by Gasteiger charge is 2.34. The summed E-state index contributed by atoms with van der Waals surface area (Å²) in [6.07, 6.45) is 5.99. The number of anilines is 3. The maximum absolute atomic E-state index is 12.9. The van der Waals surface area contributed by atoms with Crippen LogP contribution in [0.25, 0.3) is 0 Å². The highest BCUT2D eigenvalue weighted by Crippen LogP contribution is 2.42. The second-order valence-corrected chi connectivity index (χ2v) is 10.5. The molecule has 6 heteroatoms. The van der Waals surface area contributed by atoms with Crippen molar-refractivity contribution in [3.63, 3.8) is 0 Å². The van der Waals surface area contributed by atoms with E-state index in [-0.39, 0.29) is 17.2 Å². The minimum Gasteiger partial charge on any atom is -0.378 e. The second-order valence-electron chi connectivity index (χ2n) is 9.43. The lowest BCUT2D eigenvalue weighted by atomic mass is 10.0. The Kier molecular flexibility index (Phi) is 8.70. The quantitative estimate of drug-likeness (QED) is 0.307. The van der Waals surface area contributed by atoms with Crippen LogP contribution in [0.3, 0.4) is 0 Å². The van der Waals surface area contributed by atoms with Gasteiger partial charge in [0.25, 0.3) is 5.91 Å². The average Bonchev–Trinajstić information content (AvgIpc) is 3.28. The maximum atomic E-state index is 12.9. The molecule has 36 heavy (non-hydrogen) atoms. The van der Waals surface area contributed by atoms with Crippen LogP contribution in [0.15, 0.2) is 72.8 Å². The number of carbonyl (C=O) groups excluding carboxylic acids is 2. The number of carbonyl (C=O) groups is 2. The van der Waals surface area contributed by atoms with E-state index >= 15 is 0 Å². The molecule has 1 aliphatic rings. The molecule has 1 heterocycles. The lowest BCUT2D eigenvalue weighted by Gasteiger charge is -2.25. The zero-order valence-electron chi connectivity index (χ0n) is 21.4. The van der Waals surface area contributed by atoms with E-state index < -0.39 is 0 Å². The third-order valence-corrected chi connectivity index (χ3v) is 7.69. The second kappa shape index (κ2) is 12.1. The van der Waals surface area contributed by atoms with Gasteiger partial charge in [0.05, 0.1) is 5.75 Å². The molecule has 4 rings (SSSR count). The largest absolute Gasteiger partial charge is 0.378 e.